The van der Waals surface area contributed by atoms with Gasteiger partial charge in [0.15, 0.2) is 6.23 Å². The van der Waals surface area contributed by atoms with E-state index in [1.54, 1.807) is 0 Å². The van der Waals surface area contributed by atoms with Crippen molar-refractivity contribution in [1.29, 1.82) is 0 Å². The summed E-state index contributed by atoms with van der Waals surface area (Å²) in [7, 11) is 0. The van der Waals surface area contributed by atoms with E-state index in [-0.39, 0.29) is 6.23 Å². The lowest BCUT2D eigenvalue weighted by Gasteiger charge is -1.89. The van der Waals surface area contributed by atoms with E-state index >= 15 is 0 Å². The van der Waals surface area contributed by atoms with Crippen LogP contribution < -0.4 is 11.1 Å². The van der Waals surface area contributed by atoms with Gasteiger partial charge in [-0.1, -0.05) is 5.64 Å². The normalized spacial score (nSPS) is 34.5. The SMILES string of the molecule is CC1NONO1. The molecule has 0 aromatic carbocycles. The molecule has 6 heavy (non-hydrogen) atoms. The molecule has 0 saturated carbocycles. The lowest BCUT2D eigenvalue weighted by Crippen LogP contribution is -2.15. The fraction of sp³-hybridized carbons (Fsp3) is 1.00. The molecule has 1 heterocycles. The summed E-state index contributed by atoms with van der Waals surface area (Å²) in [6, 6.07) is 0. The van der Waals surface area contributed by atoms with Crippen molar-refractivity contribution < 1.29 is 9.78 Å². The fourth-order valence-electron chi connectivity index (χ4n) is 0.227. The lowest BCUT2D eigenvalue weighted by molar-refractivity contribution is -0.0952. The molecule has 2 N–H and O–H groups in total. The minimum Gasteiger partial charge on any atom is -0.254 e. The van der Waals surface area contributed by atoms with Crippen molar-refractivity contribution >= 4 is 0 Å². The van der Waals surface area contributed by atoms with Crippen LogP contribution in [0.25, 0.3) is 0 Å². The van der Waals surface area contributed by atoms with Gasteiger partial charge in [0.25, 0.3) is 0 Å². The Kier molecular flexibility index (Phi) is 1.02. The van der Waals surface area contributed by atoms with Crippen molar-refractivity contribution in [3.05, 3.63) is 0 Å². The van der Waals surface area contributed by atoms with Gasteiger partial charge in [0.2, 0.25) is 0 Å². The minimum absolute atomic E-state index is 0.0370. The van der Waals surface area contributed by atoms with E-state index in [4.69, 9.17) is 0 Å². The smallest absolute Gasteiger partial charge is 0.153 e. The van der Waals surface area contributed by atoms with Crippen LogP contribution in [0.4, 0.5) is 0 Å². The Morgan fingerprint density at radius 3 is 2.67 bits per heavy atom. The predicted octanol–water partition coefficient (Wildman–Crippen LogP) is -0.697. The van der Waals surface area contributed by atoms with Gasteiger partial charge in [0.05, 0.1) is 0 Å². The molecule has 1 aliphatic rings. The highest BCUT2D eigenvalue weighted by Gasteiger charge is 2.06. The van der Waals surface area contributed by atoms with Crippen LogP contribution in [0.1, 0.15) is 6.92 Å². The van der Waals surface area contributed by atoms with E-state index in [2.05, 4.69) is 20.9 Å². The first-order valence-electron chi connectivity index (χ1n) is 1.71. The van der Waals surface area contributed by atoms with Gasteiger partial charge in [-0.3, -0.25) is 4.84 Å². The molecule has 1 rings (SSSR count). The van der Waals surface area contributed by atoms with Crippen molar-refractivity contribution in [2.24, 2.45) is 0 Å². The molecular formula is C2H6N2O2. The fourth-order valence-corrected chi connectivity index (χ4v) is 0.227. The first kappa shape index (κ1) is 4.01. The lowest BCUT2D eigenvalue weighted by atomic mass is 10.7. The standard InChI is InChI=1S/C2H6N2O2/c1-2-3-6-4-5-2/h2-4H,1H3. The molecule has 1 aliphatic heterocycles. The summed E-state index contributed by atoms with van der Waals surface area (Å²) in [6.45, 7) is 1.82. The predicted molar refractivity (Wildman–Crippen MR) is 17.9 cm³/mol. The molecule has 0 radical (unpaired) electrons. The second-order valence-corrected chi connectivity index (χ2v) is 1.06. The maximum atomic E-state index is 4.57. The van der Waals surface area contributed by atoms with Crippen LogP contribution in [0.2, 0.25) is 0 Å². The highest BCUT2D eigenvalue weighted by Crippen LogP contribution is 1.85. The monoisotopic (exact) mass is 90.0 g/mol. The van der Waals surface area contributed by atoms with Gasteiger partial charge in [-0.05, 0) is 6.92 Å². The van der Waals surface area contributed by atoms with E-state index in [1.807, 2.05) is 6.92 Å². The van der Waals surface area contributed by atoms with E-state index in [0.717, 1.165) is 0 Å². The Labute approximate surface area is 35.3 Å². The average molecular weight is 90.1 g/mol. The minimum atomic E-state index is -0.0370. The van der Waals surface area contributed by atoms with Crippen LogP contribution in [0.3, 0.4) is 0 Å². The summed E-state index contributed by atoms with van der Waals surface area (Å²) >= 11 is 0. The van der Waals surface area contributed by atoms with Crippen molar-refractivity contribution in [1.82, 2.24) is 11.1 Å². The molecule has 4 nitrogen and oxygen atoms in total. The molecular weight excluding hydrogens is 84.0 g/mol. The quantitative estimate of drug-likeness (QED) is 0.413. The molecule has 0 bridgehead atoms. The van der Waals surface area contributed by atoms with E-state index in [9.17, 15) is 0 Å². The van der Waals surface area contributed by atoms with Gasteiger partial charge >= 0.3 is 0 Å². The van der Waals surface area contributed by atoms with Gasteiger partial charge < -0.3 is 0 Å². The number of hydrogen-bond donors (Lipinski definition) is 2. The molecule has 0 aliphatic carbocycles. The van der Waals surface area contributed by atoms with Crippen molar-refractivity contribution in [2.75, 3.05) is 0 Å². The first-order valence-corrected chi connectivity index (χ1v) is 1.71. The maximum absolute atomic E-state index is 4.57. The van der Waals surface area contributed by atoms with Gasteiger partial charge in [0.1, 0.15) is 0 Å². The third-order valence-corrected chi connectivity index (χ3v) is 0.491. The third-order valence-electron chi connectivity index (χ3n) is 0.491. The highest BCUT2D eigenvalue weighted by atomic mass is 17.0. The number of nitrogens with one attached hydrogen (secondary N) is 2. The number of rotatable bonds is 0. The number of hydrogen-bond acceptors (Lipinski definition) is 4. The molecule has 1 unspecified atom stereocenters. The summed E-state index contributed by atoms with van der Waals surface area (Å²) in [4.78, 5) is 8.90. The van der Waals surface area contributed by atoms with Gasteiger partial charge in [-0.2, -0.15) is 4.94 Å². The summed E-state index contributed by atoms with van der Waals surface area (Å²) < 4.78 is 0. The second-order valence-electron chi connectivity index (χ2n) is 1.06. The molecule has 0 spiro atoms. The van der Waals surface area contributed by atoms with Crippen molar-refractivity contribution in [2.45, 2.75) is 13.2 Å². The van der Waals surface area contributed by atoms with E-state index in [0.29, 0.717) is 0 Å². The molecule has 0 aromatic rings. The van der Waals surface area contributed by atoms with E-state index in [1.165, 1.54) is 0 Å². The van der Waals surface area contributed by atoms with Crippen LogP contribution in [0.5, 0.6) is 0 Å². The summed E-state index contributed by atoms with van der Waals surface area (Å²) in [6.07, 6.45) is -0.0370. The second kappa shape index (κ2) is 1.53. The van der Waals surface area contributed by atoms with Crippen LogP contribution in [-0.4, -0.2) is 6.23 Å². The molecule has 36 valence electrons. The molecule has 4 heteroatoms. The molecule has 0 amide bonds. The van der Waals surface area contributed by atoms with Gasteiger partial charge in [-0.25, -0.2) is 0 Å². The van der Waals surface area contributed by atoms with Crippen molar-refractivity contribution in [3.63, 3.8) is 0 Å². The summed E-state index contributed by atoms with van der Waals surface area (Å²) in [5, 5.41) is 0. The topological polar surface area (TPSA) is 42.5 Å². The Hall–Kier alpha value is -0.160. The highest BCUT2D eigenvalue weighted by molar-refractivity contribution is 4.31. The maximum Gasteiger partial charge on any atom is 0.153 e. The average Bonchev–Trinajstić information content (AvgIpc) is 1.86. The molecule has 1 fully saturated rings. The van der Waals surface area contributed by atoms with Crippen LogP contribution in [0, 0.1) is 0 Å². The Balaban J connectivity index is 2.18. The zero-order valence-electron chi connectivity index (χ0n) is 3.39. The van der Waals surface area contributed by atoms with Crippen LogP contribution in [-0.2, 0) is 9.78 Å². The summed E-state index contributed by atoms with van der Waals surface area (Å²) in [5.74, 6) is 0. The molecule has 1 atom stereocenters. The van der Waals surface area contributed by atoms with E-state index < -0.39 is 0 Å². The zero-order chi connectivity index (χ0) is 4.41. The van der Waals surface area contributed by atoms with Crippen LogP contribution >= 0.6 is 0 Å². The Morgan fingerprint density at radius 1 is 1.67 bits per heavy atom. The first-order chi connectivity index (χ1) is 2.89. The van der Waals surface area contributed by atoms with Crippen LogP contribution in [0.15, 0.2) is 0 Å². The molecule has 1 saturated heterocycles. The number of hydroxylamine groups is 1. The third kappa shape index (κ3) is 0.662. The zero-order valence-corrected chi connectivity index (χ0v) is 3.39. The van der Waals surface area contributed by atoms with Gasteiger partial charge in [0, 0.05) is 0 Å². The van der Waals surface area contributed by atoms with Gasteiger partial charge in [-0.15, -0.1) is 5.48 Å². The molecule has 0 aromatic heterocycles. The Morgan fingerprint density at radius 2 is 2.50 bits per heavy atom. The summed E-state index contributed by atoms with van der Waals surface area (Å²) in [5.41, 5.74) is 4.65. The van der Waals surface area contributed by atoms with Crippen molar-refractivity contribution in [3.8, 4) is 0 Å². The Bertz CT molecular complexity index is 42.8. The largest absolute Gasteiger partial charge is 0.254 e.